The minimum absolute atomic E-state index is 0.122. The second-order valence-corrected chi connectivity index (χ2v) is 9.10. The van der Waals surface area contributed by atoms with E-state index in [0.717, 1.165) is 57.3 Å². The summed E-state index contributed by atoms with van der Waals surface area (Å²) in [5.41, 5.74) is 2.02. The normalized spacial score (nSPS) is 27.5. The molecular weight excluding hydrogens is 383 g/mol. The van der Waals surface area contributed by atoms with Gasteiger partial charge in [0.2, 0.25) is 5.91 Å². The van der Waals surface area contributed by atoms with Crippen LogP contribution in [0.5, 0.6) is 0 Å². The number of hydrogen-bond donors (Lipinski definition) is 2. The summed E-state index contributed by atoms with van der Waals surface area (Å²) in [6.07, 6.45) is 5.78. The number of amides is 2. The first-order valence-corrected chi connectivity index (χ1v) is 11.1. The van der Waals surface area contributed by atoms with Crippen molar-refractivity contribution in [3.63, 3.8) is 0 Å². The van der Waals surface area contributed by atoms with Crippen LogP contribution in [-0.2, 0) is 4.79 Å². The summed E-state index contributed by atoms with van der Waals surface area (Å²) in [7, 11) is 0. The van der Waals surface area contributed by atoms with Crippen molar-refractivity contribution in [2.45, 2.75) is 63.6 Å². The highest BCUT2D eigenvalue weighted by Gasteiger charge is 2.38. The van der Waals surface area contributed by atoms with E-state index in [2.05, 4.69) is 20.1 Å². The molecule has 2 saturated heterocycles. The SMILES string of the molecule is Cc1ccc(F)c2cc(C(=O)N[C@@H]3CCC[C@@H](N4CCN5C(=O)CCC5C4)C3)[nH]c12. The van der Waals surface area contributed by atoms with Crippen LogP contribution in [0.1, 0.15) is 54.6 Å². The third kappa shape index (κ3) is 3.49. The molecule has 30 heavy (non-hydrogen) atoms. The molecule has 2 aromatic rings. The quantitative estimate of drug-likeness (QED) is 0.815. The molecule has 5 rings (SSSR count). The molecule has 6 nitrogen and oxygen atoms in total. The number of carbonyl (C=O) groups excluding carboxylic acids is 2. The molecule has 1 aliphatic carbocycles. The Bertz CT molecular complexity index is 948. The van der Waals surface area contributed by atoms with Crippen molar-refractivity contribution in [1.82, 2.24) is 20.1 Å². The van der Waals surface area contributed by atoms with E-state index in [1.165, 1.54) is 6.07 Å². The predicted molar refractivity (Wildman–Crippen MR) is 113 cm³/mol. The van der Waals surface area contributed by atoms with Gasteiger partial charge >= 0.3 is 0 Å². The van der Waals surface area contributed by atoms with Gasteiger partial charge in [-0.15, -0.1) is 0 Å². The topological polar surface area (TPSA) is 68.4 Å². The van der Waals surface area contributed by atoms with Crippen molar-refractivity contribution in [1.29, 1.82) is 0 Å². The van der Waals surface area contributed by atoms with E-state index in [9.17, 15) is 14.0 Å². The second-order valence-electron chi connectivity index (χ2n) is 9.10. The Morgan fingerprint density at radius 2 is 2.07 bits per heavy atom. The summed E-state index contributed by atoms with van der Waals surface area (Å²) < 4.78 is 14.1. The first kappa shape index (κ1) is 19.5. The third-order valence-corrected chi connectivity index (χ3v) is 7.22. The lowest BCUT2D eigenvalue weighted by atomic mass is 9.89. The molecule has 1 aromatic heterocycles. The number of piperazine rings is 1. The van der Waals surface area contributed by atoms with Gasteiger partial charge in [-0.25, -0.2) is 4.39 Å². The number of nitrogens with zero attached hydrogens (tertiary/aromatic N) is 2. The second kappa shape index (κ2) is 7.69. The van der Waals surface area contributed by atoms with Gasteiger partial charge in [-0.3, -0.25) is 14.5 Å². The average molecular weight is 413 g/mol. The molecule has 0 radical (unpaired) electrons. The lowest BCUT2D eigenvalue weighted by Crippen LogP contribution is -2.56. The third-order valence-electron chi connectivity index (χ3n) is 7.22. The van der Waals surface area contributed by atoms with Crippen LogP contribution < -0.4 is 5.32 Å². The molecule has 1 unspecified atom stereocenters. The number of halogens is 1. The molecule has 3 fully saturated rings. The summed E-state index contributed by atoms with van der Waals surface area (Å²) in [5.74, 6) is -0.173. The molecule has 2 amide bonds. The fourth-order valence-corrected chi connectivity index (χ4v) is 5.56. The number of aromatic nitrogens is 1. The van der Waals surface area contributed by atoms with Gasteiger partial charge in [-0.2, -0.15) is 0 Å². The summed E-state index contributed by atoms with van der Waals surface area (Å²) >= 11 is 0. The number of rotatable bonds is 3. The van der Waals surface area contributed by atoms with E-state index in [-0.39, 0.29) is 17.8 Å². The van der Waals surface area contributed by atoms with Crippen LogP contribution in [0.3, 0.4) is 0 Å². The predicted octanol–water partition coefficient (Wildman–Crippen LogP) is 2.96. The highest BCUT2D eigenvalue weighted by molar-refractivity contribution is 5.99. The van der Waals surface area contributed by atoms with Crippen LogP contribution in [0, 0.1) is 12.7 Å². The fourth-order valence-electron chi connectivity index (χ4n) is 5.56. The van der Waals surface area contributed by atoms with Crippen LogP contribution >= 0.6 is 0 Å². The number of benzene rings is 1. The Morgan fingerprint density at radius 3 is 2.90 bits per heavy atom. The number of aromatic amines is 1. The van der Waals surface area contributed by atoms with Crippen LogP contribution in [0.25, 0.3) is 10.9 Å². The van der Waals surface area contributed by atoms with E-state index < -0.39 is 0 Å². The number of aryl methyl sites for hydroxylation is 1. The zero-order valence-electron chi connectivity index (χ0n) is 17.4. The molecule has 3 atom stereocenters. The number of carbonyl (C=O) groups is 2. The molecule has 3 heterocycles. The summed E-state index contributed by atoms with van der Waals surface area (Å²) in [6, 6.07) is 5.71. The van der Waals surface area contributed by atoms with Crippen molar-refractivity contribution in [3.8, 4) is 0 Å². The Labute approximate surface area is 175 Å². The maximum absolute atomic E-state index is 14.1. The average Bonchev–Trinajstić information content (AvgIpc) is 3.36. The Morgan fingerprint density at radius 1 is 1.20 bits per heavy atom. The molecule has 7 heteroatoms. The molecule has 2 N–H and O–H groups in total. The van der Waals surface area contributed by atoms with Crippen LogP contribution in [0.15, 0.2) is 18.2 Å². The van der Waals surface area contributed by atoms with Gasteiger partial charge in [-0.1, -0.05) is 6.07 Å². The maximum Gasteiger partial charge on any atom is 0.267 e. The lowest BCUT2D eigenvalue weighted by Gasteiger charge is -2.44. The molecular formula is C23H29FN4O2. The minimum atomic E-state index is -0.312. The number of H-pyrrole nitrogens is 1. The zero-order valence-corrected chi connectivity index (χ0v) is 17.4. The van der Waals surface area contributed by atoms with E-state index in [1.54, 1.807) is 12.1 Å². The zero-order chi connectivity index (χ0) is 20.8. The summed E-state index contributed by atoms with van der Waals surface area (Å²) in [6.45, 7) is 4.62. The number of nitrogens with one attached hydrogen (secondary N) is 2. The van der Waals surface area contributed by atoms with Gasteiger partial charge in [0.05, 0.1) is 5.52 Å². The van der Waals surface area contributed by atoms with Gasteiger partial charge < -0.3 is 15.2 Å². The number of fused-ring (bicyclic) bond motifs is 2. The molecule has 2 aliphatic heterocycles. The smallest absolute Gasteiger partial charge is 0.267 e. The molecule has 0 spiro atoms. The molecule has 0 bridgehead atoms. The Hall–Kier alpha value is -2.41. The van der Waals surface area contributed by atoms with E-state index in [4.69, 9.17) is 0 Å². The van der Waals surface area contributed by atoms with E-state index >= 15 is 0 Å². The van der Waals surface area contributed by atoms with Gasteiger partial charge in [0, 0.05) is 49.6 Å². The molecule has 1 aromatic carbocycles. The Balaban J connectivity index is 1.23. The molecule has 1 saturated carbocycles. The van der Waals surface area contributed by atoms with Crippen molar-refractivity contribution < 1.29 is 14.0 Å². The Kier molecular flexibility index (Phi) is 5.01. The highest BCUT2D eigenvalue weighted by atomic mass is 19.1. The van der Waals surface area contributed by atoms with Crippen LogP contribution in [0.4, 0.5) is 4.39 Å². The standard InChI is InChI=1S/C23H29FN4O2/c1-14-5-7-19(24)18-12-20(26-22(14)18)23(30)25-15-3-2-4-16(11-15)27-9-10-28-17(13-27)6-8-21(28)29/h5,7,12,15-17,26H,2-4,6,8-11,13H2,1H3,(H,25,30)/t15-,16-,17?/m1/s1. The van der Waals surface area contributed by atoms with Gasteiger partial charge in [0.1, 0.15) is 11.5 Å². The first-order valence-electron chi connectivity index (χ1n) is 11.1. The maximum atomic E-state index is 14.1. The summed E-state index contributed by atoms with van der Waals surface area (Å²) in [4.78, 5) is 32.5. The van der Waals surface area contributed by atoms with Crippen molar-refractivity contribution in [2.75, 3.05) is 19.6 Å². The lowest BCUT2D eigenvalue weighted by molar-refractivity contribution is -0.131. The highest BCUT2D eigenvalue weighted by Crippen LogP contribution is 2.29. The summed E-state index contributed by atoms with van der Waals surface area (Å²) in [5, 5.41) is 3.64. The van der Waals surface area contributed by atoms with Crippen molar-refractivity contribution >= 4 is 22.7 Å². The van der Waals surface area contributed by atoms with Crippen LogP contribution in [0.2, 0.25) is 0 Å². The fraction of sp³-hybridized carbons (Fsp3) is 0.565. The number of hydrogen-bond acceptors (Lipinski definition) is 3. The van der Waals surface area contributed by atoms with Gasteiger partial charge in [-0.05, 0) is 56.7 Å². The monoisotopic (exact) mass is 412 g/mol. The van der Waals surface area contributed by atoms with Gasteiger partial charge in [0.15, 0.2) is 0 Å². The largest absolute Gasteiger partial charge is 0.350 e. The molecule has 160 valence electrons. The van der Waals surface area contributed by atoms with Crippen LogP contribution in [-0.4, -0.2) is 64.4 Å². The minimum Gasteiger partial charge on any atom is -0.350 e. The first-order chi connectivity index (χ1) is 14.5. The van der Waals surface area contributed by atoms with Crippen molar-refractivity contribution in [3.05, 3.63) is 35.3 Å². The van der Waals surface area contributed by atoms with E-state index in [0.29, 0.717) is 41.0 Å². The van der Waals surface area contributed by atoms with Crippen molar-refractivity contribution in [2.24, 2.45) is 0 Å². The molecule has 3 aliphatic rings. The van der Waals surface area contributed by atoms with Gasteiger partial charge in [0.25, 0.3) is 5.91 Å². The van der Waals surface area contributed by atoms with E-state index in [1.807, 2.05) is 6.92 Å².